The van der Waals surface area contributed by atoms with E-state index in [0.29, 0.717) is 30.8 Å². The van der Waals surface area contributed by atoms with Gasteiger partial charge in [0.05, 0.1) is 18.7 Å². The number of benzene rings is 1. The van der Waals surface area contributed by atoms with Crippen LogP contribution in [0.2, 0.25) is 0 Å². The molecule has 7 heteroatoms. The molecule has 29 heavy (non-hydrogen) atoms. The van der Waals surface area contributed by atoms with Crippen LogP contribution in [0.5, 0.6) is 0 Å². The van der Waals surface area contributed by atoms with Crippen molar-refractivity contribution in [3.8, 4) is 0 Å². The van der Waals surface area contributed by atoms with Gasteiger partial charge in [-0.1, -0.05) is 12.1 Å². The van der Waals surface area contributed by atoms with Crippen molar-refractivity contribution in [1.82, 2.24) is 15.1 Å². The lowest BCUT2D eigenvalue weighted by Gasteiger charge is -2.11. The van der Waals surface area contributed by atoms with E-state index in [-0.39, 0.29) is 11.8 Å². The molecule has 0 unspecified atom stereocenters. The standard InChI is InChI=1S/C22H26N4O2S/c1-14-7-8-18(12-20(14)24-21(27)13-19-6-5-11-29-19)22(28)23-9-10-26-17(4)15(2)16(3)25-26/h5-8,11-12H,9-10,13H2,1-4H3,(H,23,28)(H,24,27). The Hall–Kier alpha value is -2.93. The average molecular weight is 411 g/mol. The largest absolute Gasteiger partial charge is 0.350 e. The normalized spacial score (nSPS) is 10.8. The summed E-state index contributed by atoms with van der Waals surface area (Å²) in [7, 11) is 0. The summed E-state index contributed by atoms with van der Waals surface area (Å²) in [6.45, 7) is 9.07. The number of carbonyl (C=O) groups is 2. The number of aromatic nitrogens is 2. The first-order valence-electron chi connectivity index (χ1n) is 9.57. The van der Waals surface area contributed by atoms with Crippen molar-refractivity contribution in [3.05, 3.63) is 68.7 Å². The van der Waals surface area contributed by atoms with E-state index in [1.165, 1.54) is 5.56 Å². The highest BCUT2D eigenvalue weighted by atomic mass is 32.1. The number of nitrogens with zero attached hydrogens (tertiary/aromatic N) is 2. The van der Waals surface area contributed by atoms with Gasteiger partial charge in [-0.15, -0.1) is 11.3 Å². The first-order valence-corrected chi connectivity index (χ1v) is 10.4. The minimum absolute atomic E-state index is 0.0898. The van der Waals surface area contributed by atoms with Gasteiger partial charge in [0.15, 0.2) is 0 Å². The van der Waals surface area contributed by atoms with E-state index in [2.05, 4.69) is 15.7 Å². The third-order valence-corrected chi connectivity index (χ3v) is 5.92. The number of nitrogens with one attached hydrogen (secondary N) is 2. The van der Waals surface area contributed by atoms with Gasteiger partial charge in [0, 0.05) is 28.4 Å². The van der Waals surface area contributed by atoms with Gasteiger partial charge in [0.25, 0.3) is 5.91 Å². The summed E-state index contributed by atoms with van der Waals surface area (Å²) in [5.41, 5.74) is 5.40. The van der Waals surface area contributed by atoms with Crippen LogP contribution in [0, 0.1) is 27.7 Å². The lowest BCUT2D eigenvalue weighted by Crippen LogP contribution is -2.28. The van der Waals surface area contributed by atoms with Crippen molar-refractivity contribution in [2.45, 2.75) is 40.7 Å². The van der Waals surface area contributed by atoms with Crippen LogP contribution in [0.15, 0.2) is 35.7 Å². The first-order chi connectivity index (χ1) is 13.8. The van der Waals surface area contributed by atoms with Gasteiger partial charge in [-0.2, -0.15) is 5.10 Å². The van der Waals surface area contributed by atoms with Gasteiger partial charge in [-0.3, -0.25) is 14.3 Å². The average Bonchev–Trinajstić information content (AvgIpc) is 3.27. The van der Waals surface area contributed by atoms with Crippen molar-refractivity contribution < 1.29 is 9.59 Å². The monoisotopic (exact) mass is 410 g/mol. The molecule has 0 aliphatic carbocycles. The second kappa shape index (κ2) is 9.05. The molecule has 0 spiro atoms. The van der Waals surface area contributed by atoms with E-state index < -0.39 is 0 Å². The quantitative estimate of drug-likeness (QED) is 0.622. The Morgan fingerprint density at radius 1 is 1.14 bits per heavy atom. The van der Waals surface area contributed by atoms with Crippen LogP contribution in [-0.4, -0.2) is 28.1 Å². The van der Waals surface area contributed by atoms with Crippen LogP contribution in [0.4, 0.5) is 5.69 Å². The van der Waals surface area contributed by atoms with Crippen LogP contribution in [0.1, 0.15) is 37.7 Å². The highest BCUT2D eigenvalue weighted by molar-refractivity contribution is 7.10. The Labute approximate surface area is 175 Å². The van der Waals surface area contributed by atoms with E-state index in [1.807, 2.05) is 56.0 Å². The Balaban J connectivity index is 1.59. The molecule has 3 aromatic rings. The van der Waals surface area contributed by atoms with Gasteiger partial charge in [-0.05, 0) is 62.4 Å². The van der Waals surface area contributed by atoms with Crippen molar-refractivity contribution in [2.75, 3.05) is 11.9 Å². The maximum Gasteiger partial charge on any atom is 0.251 e. The maximum atomic E-state index is 12.5. The molecular formula is C22H26N4O2S. The second-order valence-electron chi connectivity index (χ2n) is 7.11. The molecule has 0 aliphatic heterocycles. The molecule has 3 rings (SSSR count). The zero-order valence-electron chi connectivity index (χ0n) is 17.2. The summed E-state index contributed by atoms with van der Waals surface area (Å²) in [5, 5.41) is 12.3. The number of anilines is 1. The number of hydrogen-bond acceptors (Lipinski definition) is 4. The summed E-state index contributed by atoms with van der Waals surface area (Å²) >= 11 is 1.55. The van der Waals surface area contributed by atoms with E-state index in [9.17, 15) is 9.59 Å². The fraction of sp³-hybridized carbons (Fsp3) is 0.318. The van der Waals surface area contributed by atoms with Gasteiger partial charge >= 0.3 is 0 Å². The van der Waals surface area contributed by atoms with Gasteiger partial charge in [0.2, 0.25) is 5.91 Å². The minimum Gasteiger partial charge on any atom is -0.350 e. The smallest absolute Gasteiger partial charge is 0.251 e. The van der Waals surface area contributed by atoms with Crippen LogP contribution >= 0.6 is 11.3 Å². The van der Waals surface area contributed by atoms with Gasteiger partial charge in [0.1, 0.15) is 0 Å². The van der Waals surface area contributed by atoms with E-state index >= 15 is 0 Å². The molecule has 6 nitrogen and oxygen atoms in total. The molecule has 0 saturated carbocycles. The molecule has 1 aromatic carbocycles. The summed E-state index contributed by atoms with van der Waals surface area (Å²) < 4.78 is 1.91. The first kappa shape index (κ1) is 20.8. The topological polar surface area (TPSA) is 76.0 Å². The molecule has 0 fully saturated rings. The molecular weight excluding hydrogens is 384 g/mol. The Morgan fingerprint density at radius 2 is 1.93 bits per heavy atom. The Bertz CT molecular complexity index is 1020. The zero-order chi connectivity index (χ0) is 21.0. The summed E-state index contributed by atoms with van der Waals surface area (Å²) in [4.78, 5) is 25.8. The molecule has 0 bridgehead atoms. The van der Waals surface area contributed by atoms with Crippen molar-refractivity contribution in [3.63, 3.8) is 0 Å². The highest BCUT2D eigenvalue weighted by Gasteiger charge is 2.12. The number of thiophene rings is 1. The number of hydrogen-bond donors (Lipinski definition) is 2. The SMILES string of the molecule is Cc1ccc(C(=O)NCCn2nc(C)c(C)c2C)cc1NC(=O)Cc1cccs1. The number of carbonyl (C=O) groups excluding carboxylic acids is 2. The van der Waals surface area contributed by atoms with E-state index in [0.717, 1.165) is 21.8 Å². The molecule has 2 aromatic heterocycles. The Kier molecular flexibility index (Phi) is 6.49. The fourth-order valence-corrected chi connectivity index (χ4v) is 3.75. The molecule has 0 saturated heterocycles. The molecule has 0 radical (unpaired) electrons. The second-order valence-corrected chi connectivity index (χ2v) is 8.14. The number of rotatable bonds is 7. The lowest BCUT2D eigenvalue weighted by molar-refractivity contribution is -0.115. The Morgan fingerprint density at radius 3 is 2.59 bits per heavy atom. The van der Waals surface area contributed by atoms with Crippen molar-refractivity contribution in [1.29, 1.82) is 0 Å². The predicted octanol–water partition coefficient (Wildman–Crippen LogP) is 3.79. The number of amides is 2. The fourth-order valence-electron chi connectivity index (χ4n) is 3.05. The van der Waals surface area contributed by atoms with Gasteiger partial charge in [-0.25, -0.2) is 0 Å². The third kappa shape index (κ3) is 5.12. The van der Waals surface area contributed by atoms with Crippen molar-refractivity contribution >= 4 is 28.8 Å². The maximum absolute atomic E-state index is 12.5. The van der Waals surface area contributed by atoms with Crippen LogP contribution in [0.3, 0.4) is 0 Å². The highest BCUT2D eigenvalue weighted by Crippen LogP contribution is 2.18. The third-order valence-electron chi connectivity index (χ3n) is 5.04. The van der Waals surface area contributed by atoms with Gasteiger partial charge < -0.3 is 10.6 Å². The van der Waals surface area contributed by atoms with Crippen LogP contribution < -0.4 is 10.6 Å². The van der Waals surface area contributed by atoms with Crippen molar-refractivity contribution in [2.24, 2.45) is 0 Å². The lowest BCUT2D eigenvalue weighted by atomic mass is 10.1. The molecule has 2 heterocycles. The summed E-state index contributed by atoms with van der Waals surface area (Å²) in [5.74, 6) is -0.259. The van der Waals surface area contributed by atoms with E-state index in [4.69, 9.17) is 0 Å². The predicted molar refractivity (Wildman–Crippen MR) is 117 cm³/mol. The van der Waals surface area contributed by atoms with Crippen LogP contribution in [-0.2, 0) is 17.8 Å². The molecule has 2 N–H and O–H groups in total. The molecule has 0 atom stereocenters. The number of aryl methyl sites for hydroxylation is 2. The summed E-state index contributed by atoms with van der Waals surface area (Å²) in [6.07, 6.45) is 0.329. The molecule has 152 valence electrons. The molecule has 2 amide bonds. The minimum atomic E-state index is -0.169. The van der Waals surface area contributed by atoms with Crippen LogP contribution in [0.25, 0.3) is 0 Å². The van der Waals surface area contributed by atoms with E-state index in [1.54, 1.807) is 23.5 Å². The summed E-state index contributed by atoms with van der Waals surface area (Å²) in [6, 6.07) is 9.21. The zero-order valence-corrected chi connectivity index (χ0v) is 18.0. The molecule has 0 aliphatic rings.